The standard InChI is InChI=1S/C23H48O2Si/c1-7-8-9-10-11-12-13-14-15-16-17-18-19-21(22-20-24-22)25-26(5,6)23(2,3)4/h21-22H,7-20H2,1-6H3/t21-,22+/m1/s1. The summed E-state index contributed by atoms with van der Waals surface area (Å²) < 4.78 is 12.2. The number of hydrogen-bond acceptors (Lipinski definition) is 2. The summed E-state index contributed by atoms with van der Waals surface area (Å²) in [6, 6.07) is 0. The number of rotatable bonds is 16. The van der Waals surface area contributed by atoms with Gasteiger partial charge in [0.15, 0.2) is 8.32 Å². The Morgan fingerprint density at radius 2 is 1.27 bits per heavy atom. The zero-order valence-corrected chi connectivity index (χ0v) is 19.9. The van der Waals surface area contributed by atoms with E-state index in [0.717, 1.165) is 6.61 Å². The van der Waals surface area contributed by atoms with Crippen LogP contribution in [-0.2, 0) is 9.16 Å². The van der Waals surface area contributed by atoms with Gasteiger partial charge in [-0.25, -0.2) is 0 Å². The van der Waals surface area contributed by atoms with Crippen molar-refractivity contribution >= 4 is 8.32 Å². The van der Waals surface area contributed by atoms with Crippen LogP contribution >= 0.6 is 0 Å². The van der Waals surface area contributed by atoms with Crippen molar-refractivity contribution in [2.24, 2.45) is 0 Å². The molecule has 1 fully saturated rings. The second-order valence-corrected chi connectivity index (χ2v) is 14.7. The highest BCUT2D eigenvalue weighted by atomic mass is 28.4. The lowest BCUT2D eigenvalue weighted by atomic mass is 10.0. The van der Waals surface area contributed by atoms with Crippen LogP contribution in [0.1, 0.15) is 111 Å². The van der Waals surface area contributed by atoms with Crippen molar-refractivity contribution in [3.63, 3.8) is 0 Å². The lowest BCUT2D eigenvalue weighted by Gasteiger charge is -2.39. The van der Waals surface area contributed by atoms with E-state index in [-0.39, 0.29) is 5.04 Å². The maximum atomic E-state index is 6.64. The number of unbranched alkanes of at least 4 members (excludes halogenated alkanes) is 11. The van der Waals surface area contributed by atoms with Crippen molar-refractivity contribution < 1.29 is 9.16 Å². The zero-order valence-electron chi connectivity index (χ0n) is 18.9. The van der Waals surface area contributed by atoms with Gasteiger partial charge in [0.05, 0.1) is 12.7 Å². The van der Waals surface area contributed by atoms with Gasteiger partial charge in [-0.15, -0.1) is 0 Å². The molecule has 0 aromatic heterocycles. The molecular formula is C23H48O2Si. The molecule has 0 spiro atoms. The van der Waals surface area contributed by atoms with Crippen molar-refractivity contribution in [2.45, 2.75) is 142 Å². The molecule has 2 nitrogen and oxygen atoms in total. The van der Waals surface area contributed by atoms with E-state index < -0.39 is 8.32 Å². The number of epoxide rings is 1. The Morgan fingerprint density at radius 1 is 0.846 bits per heavy atom. The Balaban J connectivity index is 2.03. The van der Waals surface area contributed by atoms with Crippen LogP contribution in [0.5, 0.6) is 0 Å². The Labute approximate surface area is 165 Å². The minimum Gasteiger partial charge on any atom is -0.411 e. The summed E-state index contributed by atoms with van der Waals surface area (Å²) >= 11 is 0. The van der Waals surface area contributed by atoms with E-state index >= 15 is 0 Å². The van der Waals surface area contributed by atoms with Crippen LogP contribution in [0, 0.1) is 0 Å². The summed E-state index contributed by atoms with van der Waals surface area (Å²) in [6.45, 7) is 14.9. The average molecular weight is 385 g/mol. The van der Waals surface area contributed by atoms with Crippen molar-refractivity contribution in [3.8, 4) is 0 Å². The molecule has 0 bridgehead atoms. The summed E-state index contributed by atoms with van der Waals surface area (Å²) in [4.78, 5) is 0. The predicted molar refractivity (Wildman–Crippen MR) is 118 cm³/mol. The highest BCUT2D eigenvalue weighted by molar-refractivity contribution is 6.74. The minimum atomic E-state index is -1.67. The molecule has 26 heavy (non-hydrogen) atoms. The van der Waals surface area contributed by atoms with Gasteiger partial charge in [0.1, 0.15) is 6.10 Å². The molecular weight excluding hydrogens is 336 g/mol. The molecule has 0 aromatic carbocycles. The predicted octanol–water partition coefficient (Wildman–Crippen LogP) is 7.87. The van der Waals surface area contributed by atoms with Crippen LogP contribution in [0.15, 0.2) is 0 Å². The van der Waals surface area contributed by atoms with Gasteiger partial charge < -0.3 is 9.16 Å². The normalized spacial score (nSPS) is 18.9. The summed E-state index contributed by atoms with van der Waals surface area (Å²) in [5.41, 5.74) is 0. The lowest BCUT2D eigenvalue weighted by Crippen LogP contribution is -2.45. The molecule has 2 atom stereocenters. The Morgan fingerprint density at radius 3 is 1.65 bits per heavy atom. The molecule has 0 amide bonds. The van der Waals surface area contributed by atoms with Gasteiger partial charge >= 0.3 is 0 Å². The van der Waals surface area contributed by atoms with E-state index in [1.807, 2.05) is 0 Å². The Bertz CT molecular complexity index is 345. The van der Waals surface area contributed by atoms with Gasteiger partial charge in [0, 0.05) is 0 Å². The quantitative estimate of drug-likeness (QED) is 0.153. The minimum absolute atomic E-state index is 0.288. The molecule has 156 valence electrons. The second-order valence-electron chi connectivity index (χ2n) is 9.97. The third-order valence-corrected chi connectivity index (χ3v) is 10.9. The molecule has 1 aliphatic rings. The van der Waals surface area contributed by atoms with Gasteiger partial charge in [0.2, 0.25) is 0 Å². The molecule has 1 heterocycles. The van der Waals surface area contributed by atoms with Crippen molar-refractivity contribution in [2.75, 3.05) is 6.61 Å². The molecule has 3 heteroatoms. The van der Waals surface area contributed by atoms with E-state index in [9.17, 15) is 0 Å². The Kier molecular flexibility index (Phi) is 11.7. The largest absolute Gasteiger partial charge is 0.411 e. The smallest absolute Gasteiger partial charge is 0.192 e. The summed E-state index contributed by atoms with van der Waals surface area (Å²) in [7, 11) is -1.67. The zero-order chi connectivity index (χ0) is 19.5. The summed E-state index contributed by atoms with van der Waals surface area (Å²) in [6.07, 6.45) is 18.9. The molecule has 0 aliphatic carbocycles. The maximum Gasteiger partial charge on any atom is 0.192 e. The van der Waals surface area contributed by atoms with Crippen LogP contribution in [0.3, 0.4) is 0 Å². The molecule has 1 saturated heterocycles. The van der Waals surface area contributed by atoms with Crippen LogP contribution in [0.25, 0.3) is 0 Å². The second kappa shape index (κ2) is 12.6. The third-order valence-electron chi connectivity index (χ3n) is 6.37. The van der Waals surface area contributed by atoms with Crippen LogP contribution in [0.2, 0.25) is 18.1 Å². The van der Waals surface area contributed by atoms with E-state index in [2.05, 4.69) is 40.8 Å². The summed E-state index contributed by atoms with van der Waals surface area (Å²) in [5, 5.41) is 0.288. The van der Waals surface area contributed by atoms with Crippen molar-refractivity contribution in [3.05, 3.63) is 0 Å². The molecule has 0 N–H and O–H groups in total. The number of hydrogen-bond donors (Lipinski definition) is 0. The van der Waals surface area contributed by atoms with Gasteiger partial charge in [0.25, 0.3) is 0 Å². The first-order valence-electron chi connectivity index (χ1n) is 11.6. The van der Waals surface area contributed by atoms with Crippen molar-refractivity contribution in [1.82, 2.24) is 0 Å². The van der Waals surface area contributed by atoms with Gasteiger partial charge in [-0.05, 0) is 24.6 Å². The fourth-order valence-electron chi connectivity index (χ4n) is 3.33. The van der Waals surface area contributed by atoms with Crippen LogP contribution in [0.4, 0.5) is 0 Å². The number of ether oxygens (including phenoxy) is 1. The van der Waals surface area contributed by atoms with Gasteiger partial charge in [-0.3, -0.25) is 0 Å². The lowest BCUT2D eigenvalue weighted by molar-refractivity contribution is 0.131. The molecule has 0 unspecified atom stereocenters. The molecule has 1 aliphatic heterocycles. The van der Waals surface area contributed by atoms with Gasteiger partial charge in [-0.1, -0.05) is 105 Å². The maximum absolute atomic E-state index is 6.64. The molecule has 0 saturated carbocycles. The fourth-order valence-corrected chi connectivity index (χ4v) is 4.71. The van der Waals surface area contributed by atoms with Gasteiger partial charge in [-0.2, -0.15) is 0 Å². The van der Waals surface area contributed by atoms with E-state index in [0.29, 0.717) is 12.2 Å². The average Bonchev–Trinajstić information content (AvgIpc) is 3.38. The fraction of sp³-hybridized carbons (Fsp3) is 1.00. The topological polar surface area (TPSA) is 21.8 Å². The first-order valence-corrected chi connectivity index (χ1v) is 14.5. The molecule has 0 radical (unpaired) electrons. The SMILES string of the molecule is CCCCCCCCCCCCCC[C@@H](O[Si](C)(C)C(C)(C)C)[C@@H]1CO1. The first kappa shape index (κ1) is 24.2. The highest BCUT2D eigenvalue weighted by Gasteiger charge is 2.43. The van der Waals surface area contributed by atoms with E-state index in [1.165, 1.54) is 83.5 Å². The van der Waals surface area contributed by atoms with Crippen molar-refractivity contribution in [1.29, 1.82) is 0 Å². The van der Waals surface area contributed by atoms with Crippen LogP contribution < -0.4 is 0 Å². The highest BCUT2D eigenvalue weighted by Crippen LogP contribution is 2.39. The molecule has 0 aromatic rings. The van der Waals surface area contributed by atoms with E-state index in [4.69, 9.17) is 9.16 Å². The Hall–Kier alpha value is 0.137. The third kappa shape index (κ3) is 10.5. The van der Waals surface area contributed by atoms with Crippen LogP contribution in [-0.4, -0.2) is 27.1 Å². The summed E-state index contributed by atoms with van der Waals surface area (Å²) in [5.74, 6) is 0. The van der Waals surface area contributed by atoms with E-state index in [1.54, 1.807) is 0 Å². The monoisotopic (exact) mass is 384 g/mol. The molecule has 1 rings (SSSR count). The first-order chi connectivity index (χ1) is 12.3.